The van der Waals surface area contributed by atoms with Gasteiger partial charge >= 0.3 is 5.97 Å². The SMILES string of the molecule is CCC1(C(=O)OCC2CCCC2)CCCNC1. The van der Waals surface area contributed by atoms with Crippen LogP contribution in [0.1, 0.15) is 51.9 Å². The second-order valence-corrected chi connectivity index (χ2v) is 5.66. The Balaban J connectivity index is 1.83. The van der Waals surface area contributed by atoms with E-state index < -0.39 is 0 Å². The Kier molecular flexibility index (Phi) is 4.43. The number of carbonyl (C=O) groups is 1. The lowest BCUT2D eigenvalue weighted by molar-refractivity contribution is -0.158. The Morgan fingerprint density at radius 1 is 1.35 bits per heavy atom. The maximum atomic E-state index is 12.2. The fraction of sp³-hybridized carbons (Fsp3) is 0.929. The van der Waals surface area contributed by atoms with Crippen LogP contribution in [-0.4, -0.2) is 25.7 Å². The molecule has 1 heterocycles. The maximum absolute atomic E-state index is 12.2. The van der Waals surface area contributed by atoms with Crippen molar-refractivity contribution in [2.24, 2.45) is 11.3 Å². The van der Waals surface area contributed by atoms with Crippen LogP contribution in [-0.2, 0) is 9.53 Å². The van der Waals surface area contributed by atoms with Gasteiger partial charge in [-0.15, -0.1) is 0 Å². The van der Waals surface area contributed by atoms with E-state index in [0.29, 0.717) is 12.5 Å². The lowest BCUT2D eigenvalue weighted by atomic mass is 9.78. The largest absolute Gasteiger partial charge is 0.465 e. The van der Waals surface area contributed by atoms with Crippen LogP contribution in [0.25, 0.3) is 0 Å². The van der Waals surface area contributed by atoms with Crippen LogP contribution in [0, 0.1) is 11.3 Å². The zero-order valence-corrected chi connectivity index (χ0v) is 11.0. The first kappa shape index (κ1) is 12.9. The normalized spacial score (nSPS) is 30.4. The molecule has 1 atom stereocenters. The minimum Gasteiger partial charge on any atom is -0.465 e. The molecule has 3 nitrogen and oxygen atoms in total. The highest BCUT2D eigenvalue weighted by Crippen LogP contribution is 2.32. The summed E-state index contributed by atoms with van der Waals surface area (Å²) in [5.41, 5.74) is -0.239. The zero-order valence-electron chi connectivity index (χ0n) is 11.0. The van der Waals surface area contributed by atoms with Crippen molar-refractivity contribution in [2.75, 3.05) is 19.7 Å². The van der Waals surface area contributed by atoms with Gasteiger partial charge in [0.2, 0.25) is 0 Å². The lowest BCUT2D eigenvalue weighted by Gasteiger charge is -2.34. The highest BCUT2D eigenvalue weighted by Gasteiger charge is 2.39. The van der Waals surface area contributed by atoms with Crippen molar-refractivity contribution in [2.45, 2.75) is 51.9 Å². The molecule has 1 saturated carbocycles. The summed E-state index contributed by atoms with van der Waals surface area (Å²) in [6.07, 6.45) is 8.07. The van der Waals surface area contributed by atoms with Crippen molar-refractivity contribution in [1.82, 2.24) is 5.32 Å². The zero-order chi connectivity index (χ0) is 12.1. The minimum absolute atomic E-state index is 0.0408. The van der Waals surface area contributed by atoms with Gasteiger partial charge in [-0.2, -0.15) is 0 Å². The number of hydrogen-bond acceptors (Lipinski definition) is 3. The van der Waals surface area contributed by atoms with Crippen molar-refractivity contribution < 1.29 is 9.53 Å². The molecule has 0 aromatic carbocycles. The molecule has 0 amide bonds. The first-order valence-corrected chi connectivity index (χ1v) is 7.15. The van der Waals surface area contributed by atoms with E-state index in [2.05, 4.69) is 12.2 Å². The molecule has 0 aromatic rings. The summed E-state index contributed by atoms with van der Waals surface area (Å²) in [6.45, 7) is 4.59. The summed E-state index contributed by atoms with van der Waals surface area (Å²) in [5.74, 6) is 0.670. The minimum atomic E-state index is -0.239. The smallest absolute Gasteiger partial charge is 0.313 e. The quantitative estimate of drug-likeness (QED) is 0.766. The van der Waals surface area contributed by atoms with Crippen LogP contribution in [0.4, 0.5) is 0 Å². The highest BCUT2D eigenvalue weighted by atomic mass is 16.5. The summed E-state index contributed by atoms with van der Waals surface area (Å²) in [6, 6.07) is 0. The fourth-order valence-corrected chi connectivity index (χ4v) is 3.11. The number of rotatable bonds is 4. The number of carbonyl (C=O) groups excluding carboxylic acids is 1. The molecule has 0 spiro atoms. The summed E-state index contributed by atoms with van der Waals surface area (Å²) < 4.78 is 5.58. The predicted octanol–water partition coefficient (Wildman–Crippen LogP) is 2.50. The molecule has 0 bridgehead atoms. The van der Waals surface area contributed by atoms with Gasteiger partial charge in [0.15, 0.2) is 0 Å². The average Bonchev–Trinajstić information content (AvgIpc) is 2.90. The van der Waals surface area contributed by atoms with Crippen molar-refractivity contribution in [3.63, 3.8) is 0 Å². The maximum Gasteiger partial charge on any atom is 0.313 e. The molecular formula is C14H25NO2. The molecular weight excluding hydrogens is 214 g/mol. The van der Waals surface area contributed by atoms with E-state index >= 15 is 0 Å². The van der Waals surface area contributed by atoms with Gasteiger partial charge in [0.25, 0.3) is 0 Å². The molecule has 1 aliphatic heterocycles. The predicted molar refractivity (Wildman–Crippen MR) is 67.7 cm³/mol. The third-order valence-electron chi connectivity index (χ3n) is 4.51. The van der Waals surface area contributed by atoms with E-state index in [1.807, 2.05) is 0 Å². The number of piperidine rings is 1. The van der Waals surface area contributed by atoms with Gasteiger partial charge < -0.3 is 10.1 Å². The van der Waals surface area contributed by atoms with Gasteiger partial charge in [-0.25, -0.2) is 0 Å². The molecule has 1 aliphatic carbocycles. The van der Waals surface area contributed by atoms with Crippen LogP contribution < -0.4 is 5.32 Å². The third-order valence-corrected chi connectivity index (χ3v) is 4.51. The summed E-state index contributed by atoms with van der Waals surface area (Å²) >= 11 is 0. The fourth-order valence-electron chi connectivity index (χ4n) is 3.11. The van der Waals surface area contributed by atoms with Gasteiger partial charge in [0.05, 0.1) is 12.0 Å². The van der Waals surface area contributed by atoms with Gasteiger partial charge in [-0.3, -0.25) is 4.79 Å². The standard InChI is InChI=1S/C14H25NO2/c1-2-14(8-5-9-15-11-14)13(16)17-10-12-6-3-4-7-12/h12,15H,2-11H2,1H3. The summed E-state index contributed by atoms with van der Waals surface area (Å²) in [5, 5.41) is 3.33. The van der Waals surface area contributed by atoms with E-state index in [4.69, 9.17) is 4.74 Å². The van der Waals surface area contributed by atoms with E-state index in [1.54, 1.807) is 0 Å². The Labute approximate surface area is 104 Å². The molecule has 0 aromatic heterocycles. The van der Waals surface area contributed by atoms with Gasteiger partial charge in [-0.1, -0.05) is 19.8 Å². The number of ether oxygens (including phenoxy) is 1. The molecule has 0 radical (unpaired) electrons. The Morgan fingerprint density at radius 2 is 2.12 bits per heavy atom. The second-order valence-electron chi connectivity index (χ2n) is 5.66. The van der Waals surface area contributed by atoms with E-state index in [9.17, 15) is 4.79 Å². The summed E-state index contributed by atoms with van der Waals surface area (Å²) in [4.78, 5) is 12.2. The van der Waals surface area contributed by atoms with E-state index in [-0.39, 0.29) is 11.4 Å². The van der Waals surface area contributed by atoms with E-state index in [1.165, 1.54) is 25.7 Å². The van der Waals surface area contributed by atoms with Crippen LogP contribution in [0.3, 0.4) is 0 Å². The monoisotopic (exact) mass is 239 g/mol. The van der Waals surface area contributed by atoms with E-state index in [0.717, 1.165) is 32.4 Å². The first-order chi connectivity index (χ1) is 8.27. The number of esters is 1. The van der Waals surface area contributed by atoms with Gasteiger partial charge in [-0.05, 0) is 44.6 Å². The number of nitrogens with one attached hydrogen (secondary N) is 1. The lowest BCUT2D eigenvalue weighted by Crippen LogP contribution is -2.46. The molecule has 2 fully saturated rings. The van der Waals surface area contributed by atoms with Crippen LogP contribution in [0.5, 0.6) is 0 Å². The molecule has 1 N–H and O–H groups in total. The molecule has 2 rings (SSSR count). The Morgan fingerprint density at radius 3 is 2.71 bits per heavy atom. The average molecular weight is 239 g/mol. The highest BCUT2D eigenvalue weighted by molar-refractivity contribution is 5.77. The molecule has 2 aliphatic rings. The van der Waals surface area contributed by atoms with Crippen LogP contribution in [0.2, 0.25) is 0 Å². The van der Waals surface area contributed by atoms with Crippen molar-refractivity contribution in [3.05, 3.63) is 0 Å². The molecule has 17 heavy (non-hydrogen) atoms. The topological polar surface area (TPSA) is 38.3 Å². The van der Waals surface area contributed by atoms with Crippen LogP contribution in [0.15, 0.2) is 0 Å². The molecule has 98 valence electrons. The first-order valence-electron chi connectivity index (χ1n) is 7.15. The Bertz CT molecular complexity index is 253. The third kappa shape index (κ3) is 3.01. The second kappa shape index (κ2) is 5.85. The molecule has 1 saturated heterocycles. The molecule has 3 heteroatoms. The Hall–Kier alpha value is -0.570. The van der Waals surface area contributed by atoms with Crippen molar-refractivity contribution in [3.8, 4) is 0 Å². The van der Waals surface area contributed by atoms with Crippen molar-refractivity contribution >= 4 is 5.97 Å². The van der Waals surface area contributed by atoms with Gasteiger partial charge in [0.1, 0.15) is 0 Å². The van der Waals surface area contributed by atoms with Gasteiger partial charge in [0, 0.05) is 6.54 Å². The number of hydrogen-bond donors (Lipinski definition) is 1. The van der Waals surface area contributed by atoms with Crippen molar-refractivity contribution in [1.29, 1.82) is 0 Å². The summed E-state index contributed by atoms with van der Waals surface area (Å²) in [7, 11) is 0. The molecule has 1 unspecified atom stereocenters. The van der Waals surface area contributed by atoms with Crippen LogP contribution >= 0.6 is 0 Å².